The summed E-state index contributed by atoms with van der Waals surface area (Å²) in [7, 11) is 0. The third kappa shape index (κ3) is 3.61. The molecule has 3 rings (SSSR count). The Morgan fingerprint density at radius 2 is 2.00 bits per heavy atom. The molecule has 1 aliphatic heterocycles. The largest absolute Gasteiger partial charge is 0.317 e. The standard InChI is InChI=1S/C15H16ClN3OS/c16-12-3-1-11(2-4-12)14(20)19-15-18-9-13(21-15)10-5-7-17-8-6-10/h1-4,9-10,17H,5-8H2,(H,18,19,20). The molecule has 0 spiro atoms. The lowest BCUT2D eigenvalue weighted by molar-refractivity contribution is 0.102. The van der Waals surface area contributed by atoms with E-state index in [4.69, 9.17) is 11.6 Å². The number of carbonyl (C=O) groups excluding carboxylic acids is 1. The molecule has 1 fully saturated rings. The molecule has 0 radical (unpaired) electrons. The number of hydrogen-bond donors (Lipinski definition) is 2. The van der Waals surface area contributed by atoms with Crippen molar-refractivity contribution in [3.8, 4) is 0 Å². The van der Waals surface area contributed by atoms with Crippen LogP contribution in [0.5, 0.6) is 0 Å². The fourth-order valence-corrected chi connectivity index (χ4v) is 3.52. The van der Waals surface area contributed by atoms with Crippen molar-refractivity contribution in [1.29, 1.82) is 0 Å². The van der Waals surface area contributed by atoms with Crippen LogP contribution in [0.15, 0.2) is 30.5 Å². The number of amides is 1. The van der Waals surface area contributed by atoms with E-state index in [0.29, 0.717) is 21.6 Å². The van der Waals surface area contributed by atoms with E-state index >= 15 is 0 Å². The predicted octanol–water partition coefficient (Wildman–Crippen LogP) is 3.52. The number of anilines is 1. The third-order valence-corrected chi connectivity index (χ3v) is 4.92. The fourth-order valence-electron chi connectivity index (χ4n) is 2.41. The van der Waals surface area contributed by atoms with Crippen molar-refractivity contribution in [3.05, 3.63) is 45.9 Å². The van der Waals surface area contributed by atoms with Gasteiger partial charge in [0.1, 0.15) is 0 Å². The van der Waals surface area contributed by atoms with Crippen LogP contribution in [0.4, 0.5) is 5.13 Å². The highest BCUT2D eigenvalue weighted by atomic mass is 35.5. The van der Waals surface area contributed by atoms with E-state index in [-0.39, 0.29) is 5.91 Å². The molecule has 6 heteroatoms. The van der Waals surface area contributed by atoms with Gasteiger partial charge in [0.05, 0.1) is 0 Å². The minimum Gasteiger partial charge on any atom is -0.317 e. The van der Waals surface area contributed by atoms with Gasteiger partial charge in [0.2, 0.25) is 0 Å². The average molecular weight is 322 g/mol. The molecular weight excluding hydrogens is 306 g/mol. The van der Waals surface area contributed by atoms with E-state index in [9.17, 15) is 4.79 Å². The molecule has 0 unspecified atom stereocenters. The first-order chi connectivity index (χ1) is 10.2. The maximum atomic E-state index is 12.1. The molecule has 4 nitrogen and oxygen atoms in total. The number of hydrogen-bond acceptors (Lipinski definition) is 4. The van der Waals surface area contributed by atoms with Gasteiger partial charge < -0.3 is 5.32 Å². The monoisotopic (exact) mass is 321 g/mol. The zero-order valence-electron chi connectivity index (χ0n) is 11.4. The van der Waals surface area contributed by atoms with E-state index in [2.05, 4.69) is 15.6 Å². The molecule has 1 saturated heterocycles. The lowest BCUT2D eigenvalue weighted by Crippen LogP contribution is -2.26. The van der Waals surface area contributed by atoms with Crippen molar-refractivity contribution >= 4 is 34.0 Å². The van der Waals surface area contributed by atoms with Gasteiger partial charge >= 0.3 is 0 Å². The Labute approximate surface area is 132 Å². The van der Waals surface area contributed by atoms with Gasteiger partial charge in [-0.1, -0.05) is 11.6 Å². The number of rotatable bonds is 3. The van der Waals surface area contributed by atoms with E-state index in [1.54, 1.807) is 35.6 Å². The second kappa shape index (κ2) is 6.56. The van der Waals surface area contributed by atoms with Gasteiger partial charge in [0.15, 0.2) is 5.13 Å². The van der Waals surface area contributed by atoms with E-state index in [1.807, 2.05) is 6.20 Å². The minimum absolute atomic E-state index is 0.155. The summed E-state index contributed by atoms with van der Waals surface area (Å²) in [6, 6.07) is 6.83. The zero-order valence-corrected chi connectivity index (χ0v) is 13.0. The molecule has 1 amide bonds. The van der Waals surface area contributed by atoms with Crippen LogP contribution in [0.25, 0.3) is 0 Å². The number of nitrogens with zero attached hydrogens (tertiary/aromatic N) is 1. The van der Waals surface area contributed by atoms with Gasteiger partial charge in [-0.25, -0.2) is 4.98 Å². The smallest absolute Gasteiger partial charge is 0.257 e. The Balaban J connectivity index is 1.66. The maximum Gasteiger partial charge on any atom is 0.257 e. The second-order valence-electron chi connectivity index (χ2n) is 5.05. The molecule has 21 heavy (non-hydrogen) atoms. The first kappa shape index (κ1) is 14.5. The van der Waals surface area contributed by atoms with Crippen molar-refractivity contribution in [2.24, 2.45) is 0 Å². The summed E-state index contributed by atoms with van der Waals surface area (Å²) in [5.74, 6) is 0.405. The molecule has 1 aromatic heterocycles. The summed E-state index contributed by atoms with van der Waals surface area (Å²) in [5, 5.41) is 7.48. The van der Waals surface area contributed by atoms with Crippen LogP contribution in [-0.2, 0) is 0 Å². The zero-order chi connectivity index (χ0) is 14.7. The maximum absolute atomic E-state index is 12.1. The quantitative estimate of drug-likeness (QED) is 0.909. The normalized spacial score (nSPS) is 15.9. The van der Waals surface area contributed by atoms with Crippen LogP contribution in [0, 0.1) is 0 Å². The molecule has 0 saturated carbocycles. The summed E-state index contributed by atoms with van der Waals surface area (Å²) in [5.41, 5.74) is 0.581. The number of thiazole rings is 1. The molecule has 2 aromatic rings. The summed E-state index contributed by atoms with van der Waals surface area (Å²) >= 11 is 7.39. The Bertz CT molecular complexity index is 620. The van der Waals surface area contributed by atoms with Gasteiger partial charge in [-0.15, -0.1) is 11.3 Å². The Hall–Kier alpha value is -1.43. The van der Waals surface area contributed by atoms with E-state index < -0.39 is 0 Å². The number of nitrogens with one attached hydrogen (secondary N) is 2. The Kier molecular flexibility index (Phi) is 4.53. The van der Waals surface area contributed by atoms with E-state index in [0.717, 1.165) is 25.9 Å². The number of aromatic nitrogens is 1. The lowest BCUT2D eigenvalue weighted by atomic mass is 9.97. The predicted molar refractivity (Wildman–Crippen MR) is 86.4 cm³/mol. The highest BCUT2D eigenvalue weighted by molar-refractivity contribution is 7.15. The van der Waals surface area contributed by atoms with Crippen LogP contribution in [0.3, 0.4) is 0 Å². The van der Waals surface area contributed by atoms with Crippen molar-refractivity contribution in [1.82, 2.24) is 10.3 Å². The number of benzene rings is 1. The molecule has 0 bridgehead atoms. The molecule has 0 atom stereocenters. The second-order valence-corrected chi connectivity index (χ2v) is 6.55. The van der Waals surface area contributed by atoms with Gasteiger partial charge in [-0.3, -0.25) is 10.1 Å². The van der Waals surface area contributed by atoms with Gasteiger partial charge in [-0.05, 0) is 56.1 Å². The average Bonchev–Trinajstić information content (AvgIpc) is 2.97. The molecule has 2 heterocycles. The first-order valence-corrected chi connectivity index (χ1v) is 8.15. The van der Waals surface area contributed by atoms with Crippen LogP contribution in [0.2, 0.25) is 5.02 Å². The van der Waals surface area contributed by atoms with Crippen LogP contribution < -0.4 is 10.6 Å². The Morgan fingerprint density at radius 1 is 1.29 bits per heavy atom. The third-order valence-electron chi connectivity index (χ3n) is 3.59. The topological polar surface area (TPSA) is 54.0 Å². The summed E-state index contributed by atoms with van der Waals surface area (Å²) in [4.78, 5) is 17.7. The first-order valence-electron chi connectivity index (χ1n) is 6.96. The van der Waals surface area contributed by atoms with Gasteiger partial charge in [0, 0.05) is 21.7 Å². The molecule has 1 aromatic carbocycles. The van der Waals surface area contributed by atoms with Gasteiger partial charge in [-0.2, -0.15) is 0 Å². The molecular formula is C15H16ClN3OS. The summed E-state index contributed by atoms with van der Waals surface area (Å²) in [6.45, 7) is 2.10. The fraction of sp³-hybridized carbons (Fsp3) is 0.333. The SMILES string of the molecule is O=C(Nc1ncc(C2CCNCC2)s1)c1ccc(Cl)cc1. The van der Waals surface area contributed by atoms with Crippen molar-refractivity contribution in [3.63, 3.8) is 0 Å². The molecule has 110 valence electrons. The van der Waals surface area contributed by atoms with Gasteiger partial charge in [0.25, 0.3) is 5.91 Å². The van der Waals surface area contributed by atoms with Crippen molar-refractivity contribution < 1.29 is 4.79 Å². The van der Waals surface area contributed by atoms with Crippen molar-refractivity contribution in [2.75, 3.05) is 18.4 Å². The molecule has 0 aliphatic carbocycles. The van der Waals surface area contributed by atoms with Crippen LogP contribution in [0.1, 0.15) is 34.0 Å². The highest BCUT2D eigenvalue weighted by Crippen LogP contribution is 2.31. The molecule has 2 N–H and O–H groups in total. The number of halogens is 1. The minimum atomic E-state index is -0.155. The van der Waals surface area contributed by atoms with Crippen LogP contribution >= 0.6 is 22.9 Å². The summed E-state index contributed by atoms with van der Waals surface area (Å²) < 4.78 is 0. The number of piperidine rings is 1. The van der Waals surface area contributed by atoms with Crippen molar-refractivity contribution in [2.45, 2.75) is 18.8 Å². The summed E-state index contributed by atoms with van der Waals surface area (Å²) in [6.07, 6.45) is 4.15. The Morgan fingerprint density at radius 3 is 2.71 bits per heavy atom. The van der Waals surface area contributed by atoms with Crippen LogP contribution in [-0.4, -0.2) is 24.0 Å². The molecule has 1 aliphatic rings. The highest BCUT2D eigenvalue weighted by Gasteiger charge is 2.18. The lowest BCUT2D eigenvalue weighted by Gasteiger charge is -2.20. The number of carbonyl (C=O) groups is 1. The van der Waals surface area contributed by atoms with E-state index in [1.165, 1.54) is 4.88 Å².